The summed E-state index contributed by atoms with van der Waals surface area (Å²) in [4.78, 5) is 2.39. The van der Waals surface area contributed by atoms with Crippen LogP contribution in [0.5, 0.6) is 11.5 Å². The molecule has 0 radical (unpaired) electrons. The molecule has 0 amide bonds. The molecule has 35 heavy (non-hydrogen) atoms. The van der Waals surface area contributed by atoms with E-state index in [1.165, 1.54) is 9.79 Å². The average Bonchev–Trinajstić information content (AvgIpc) is 3.49. The van der Waals surface area contributed by atoms with Crippen LogP contribution in [0.25, 0.3) is 0 Å². The van der Waals surface area contributed by atoms with Crippen LogP contribution in [-0.4, -0.2) is 19.7 Å². The Morgan fingerprint density at radius 3 is 1.09 bits per heavy atom. The van der Waals surface area contributed by atoms with Crippen molar-refractivity contribution in [1.82, 2.24) is 0 Å². The zero-order valence-electron chi connectivity index (χ0n) is 21.7. The second-order valence-corrected chi connectivity index (χ2v) is 13.2. The molecule has 0 spiro atoms. The first kappa shape index (κ1) is 33.6. The van der Waals surface area contributed by atoms with Gasteiger partial charge in [-0.25, -0.2) is 24.3 Å². The van der Waals surface area contributed by atoms with Crippen LogP contribution < -0.4 is 0 Å². The molecule has 2 nitrogen and oxygen atoms in total. The van der Waals surface area contributed by atoms with Gasteiger partial charge in [0.05, 0.1) is 0 Å². The molecule has 0 unspecified atom stereocenters. The van der Waals surface area contributed by atoms with Gasteiger partial charge in [-0.05, 0) is 48.5 Å². The molecular weight excluding hydrogens is 548 g/mol. The summed E-state index contributed by atoms with van der Waals surface area (Å²) in [5.41, 5.74) is 0. The average molecular weight is 586 g/mol. The van der Waals surface area contributed by atoms with Crippen LogP contribution >= 0.6 is 23.5 Å². The van der Waals surface area contributed by atoms with Gasteiger partial charge in [-0.15, -0.1) is 36.4 Å². The number of phenols is 2. The Labute approximate surface area is 240 Å². The first-order chi connectivity index (χ1) is 15.9. The Morgan fingerprint density at radius 2 is 0.914 bits per heavy atom. The second-order valence-electron chi connectivity index (χ2n) is 9.42. The third kappa shape index (κ3) is 20.5. The molecule has 0 atom stereocenters. The number of benzene rings is 2. The van der Waals surface area contributed by atoms with E-state index in [0.29, 0.717) is 11.5 Å². The molecule has 5 heteroatoms. The number of hydrogen-bond acceptors (Lipinski definition) is 4. The van der Waals surface area contributed by atoms with Crippen molar-refractivity contribution in [3.8, 4) is 11.5 Å². The smallest absolute Gasteiger partial charge is 0.508 e. The minimum absolute atomic E-state index is 0. The normalized spacial score (nSPS) is 13.0. The minimum atomic E-state index is 0. The molecule has 0 aromatic heterocycles. The SMILES string of the molecule is CC(C)(C)Sc1ccc(O)cc1.CC(C)(C)Sc1ccc(O)cc1.[C-]1=CC=CC1.[C-]1=CC=CC1.[Zr+2]. The number of hydrogen-bond donors (Lipinski definition) is 2. The van der Waals surface area contributed by atoms with Crippen molar-refractivity contribution in [3.63, 3.8) is 0 Å². The molecule has 2 aliphatic rings. The third-order valence-electron chi connectivity index (χ3n) is 3.69. The first-order valence-corrected chi connectivity index (χ1v) is 13.0. The Bertz CT molecular complexity index is 831. The van der Waals surface area contributed by atoms with Crippen LogP contribution in [0.15, 0.2) is 94.8 Å². The van der Waals surface area contributed by atoms with Crippen molar-refractivity contribution in [2.45, 2.75) is 73.7 Å². The number of allylic oxidation sites excluding steroid dienone is 8. The number of phenolic OH excluding ortho intramolecular Hbond substituents is 2. The van der Waals surface area contributed by atoms with Gasteiger partial charge in [0, 0.05) is 19.3 Å². The van der Waals surface area contributed by atoms with Crippen LogP contribution in [0.1, 0.15) is 54.4 Å². The molecule has 0 saturated heterocycles. The van der Waals surface area contributed by atoms with Crippen molar-refractivity contribution in [3.05, 3.63) is 97.1 Å². The molecule has 0 saturated carbocycles. The first-order valence-electron chi connectivity index (χ1n) is 11.3. The summed E-state index contributed by atoms with van der Waals surface area (Å²) in [6.07, 6.45) is 20.0. The fourth-order valence-electron chi connectivity index (χ4n) is 2.42. The van der Waals surface area contributed by atoms with Gasteiger partial charge in [0.2, 0.25) is 0 Å². The molecule has 0 bridgehead atoms. The van der Waals surface area contributed by atoms with E-state index in [-0.39, 0.29) is 35.7 Å². The van der Waals surface area contributed by atoms with Crippen LogP contribution in [0.2, 0.25) is 0 Å². The van der Waals surface area contributed by atoms with Crippen LogP contribution in [-0.2, 0) is 26.2 Å². The van der Waals surface area contributed by atoms with Crippen LogP contribution in [0.4, 0.5) is 0 Å². The van der Waals surface area contributed by atoms with E-state index in [1.54, 1.807) is 47.8 Å². The van der Waals surface area contributed by atoms with E-state index in [9.17, 15) is 0 Å². The van der Waals surface area contributed by atoms with E-state index < -0.39 is 0 Å². The molecule has 2 aromatic carbocycles. The second kappa shape index (κ2) is 17.9. The van der Waals surface area contributed by atoms with E-state index in [2.05, 4.69) is 65.8 Å². The minimum Gasteiger partial charge on any atom is -0.508 e. The molecule has 186 valence electrons. The monoisotopic (exact) mass is 584 g/mol. The van der Waals surface area contributed by atoms with Gasteiger partial charge in [0.25, 0.3) is 0 Å². The van der Waals surface area contributed by atoms with Crippen molar-refractivity contribution >= 4 is 23.5 Å². The van der Waals surface area contributed by atoms with E-state index in [4.69, 9.17) is 10.2 Å². The molecule has 0 aliphatic heterocycles. The quantitative estimate of drug-likeness (QED) is 0.272. The standard InChI is InChI=1S/2C10H14OS.2C5H5.Zr/c2*1-10(2,3)12-9-6-4-8(11)5-7-9;2*1-2-4-5-3-1;/h2*4-7,11H,1-3H3;2*1-3H,4H2;/q;;2*-1;+2. The summed E-state index contributed by atoms with van der Waals surface area (Å²) in [5, 5.41) is 18.1. The Hall–Kier alpha value is -1.42. The predicted octanol–water partition coefficient (Wildman–Crippen LogP) is 9.17. The maximum atomic E-state index is 9.05. The molecule has 0 heterocycles. The summed E-state index contributed by atoms with van der Waals surface area (Å²) in [6.45, 7) is 13.0. The summed E-state index contributed by atoms with van der Waals surface area (Å²) < 4.78 is 0.466. The molecular formula is C30H38O2S2Zr. The Morgan fingerprint density at radius 1 is 0.600 bits per heavy atom. The van der Waals surface area contributed by atoms with Gasteiger partial charge < -0.3 is 10.2 Å². The predicted molar refractivity (Wildman–Crippen MR) is 151 cm³/mol. The van der Waals surface area contributed by atoms with Crippen LogP contribution in [0.3, 0.4) is 0 Å². The fourth-order valence-corrected chi connectivity index (χ4v) is 4.37. The Balaban J connectivity index is 0.000000468. The number of aromatic hydroxyl groups is 2. The molecule has 2 aliphatic carbocycles. The molecule has 0 fully saturated rings. The van der Waals surface area contributed by atoms with Crippen molar-refractivity contribution in [2.75, 3.05) is 0 Å². The van der Waals surface area contributed by atoms with Crippen molar-refractivity contribution < 1.29 is 36.4 Å². The zero-order chi connectivity index (χ0) is 25.5. The summed E-state index contributed by atoms with van der Waals surface area (Å²) in [6, 6.07) is 14.6. The maximum Gasteiger partial charge on any atom is 2.00 e. The van der Waals surface area contributed by atoms with Gasteiger partial charge in [0.15, 0.2) is 0 Å². The van der Waals surface area contributed by atoms with E-state index in [1.807, 2.05) is 48.6 Å². The largest absolute Gasteiger partial charge is 2.00 e. The zero-order valence-corrected chi connectivity index (χ0v) is 25.8. The Kier molecular flexibility index (Phi) is 17.2. The summed E-state index contributed by atoms with van der Waals surface area (Å²) in [7, 11) is 0. The molecule has 4 rings (SSSR count). The van der Waals surface area contributed by atoms with Gasteiger partial charge in [0.1, 0.15) is 11.5 Å². The molecule has 2 N–H and O–H groups in total. The summed E-state index contributed by atoms with van der Waals surface area (Å²) >= 11 is 3.60. The van der Waals surface area contributed by atoms with Crippen molar-refractivity contribution in [2.24, 2.45) is 0 Å². The third-order valence-corrected chi connectivity index (χ3v) is 5.93. The summed E-state index contributed by atoms with van der Waals surface area (Å²) in [5.74, 6) is 0.654. The fraction of sp³-hybridized carbons (Fsp3) is 0.333. The molecule has 2 aromatic rings. The maximum absolute atomic E-state index is 9.05. The topological polar surface area (TPSA) is 40.5 Å². The van der Waals surface area contributed by atoms with E-state index >= 15 is 0 Å². The number of thioether (sulfide) groups is 2. The van der Waals surface area contributed by atoms with Gasteiger partial charge in [-0.1, -0.05) is 41.5 Å². The van der Waals surface area contributed by atoms with Gasteiger partial charge in [-0.3, -0.25) is 12.2 Å². The van der Waals surface area contributed by atoms with E-state index in [0.717, 1.165) is 12.8 Å². The van der Waals surface area contributed by atoms with Gasteiger partial charge >= 0.3 is 26.2 Å². The van der Waals surface area contributed by atoms with Crippen LogP contribution in [0, 0.1) is 12.2 Å². The van der Waals surface area contributed by atoms with Gasteiger partial charge in [-0.2, -0.15) is 12.2 Å². The number of rotatable bonds is 2. The van der Waals surface area contributed by atoms with Crippen molar-refractivity contribution in [1.29, 1.82) is 0 Å².